The van der Waals surface area contributed by atoms with Gasteiger partial charge in [0.05, 0.1) is 14.2 Å². The van der Waals surface area contributed by atoms with Gasteiger partial charge in [0.15, 0.2) is 5.60 Å². The smallest absolute Gasteiger partial charge is 0.342 e. The van der Waals surface area contributed by atoms with E-state index in [-0.39, 0.29) is 5.57 Å². The Morgan fingerprint density at radius 3 is 1.84 bits per heavy atom. The monoisotopic (exact) mass is 424 g/mol. The van der Waals surface area contributed by atoms with Crippen LogP contribution in [-0.4, -0.2) is 52.1 Å². The molecular formula is C23H20O8. The van der Waals surface area contributed by atoms with Crippen molar-refractivity contribution in [2.24, 2.45) is 0 Å². The molecule has 1 spiro atoms. The lowest BCUT2D eigenvalue weighted by Crippen LogP contribution is -2.48. The predicted molar refractivity (Wildman–Crippen MR) is 107 cm³/mol. The fourth-order valence-electron chi connectivity index (χ4n) is 4.28. The predicted octanol–water partition coefficient (Wildman–Crippen LogP) is 2.36. The van der Waals surface area contributed by atoms with Gasteiger partial charge in [0.25, 0.3) is 0 Å². The van der Waals surface area contributed by atoms with Gasteiger partial charge < -0.3 is 18.9 Å². The normalized spacial score (nSPS) is 21.0. The van der Waals surface area contributed by atoms with Crippen molar-refractivity contribution in [1.29, 1.82) is 0 Å². The van der Waals surface area contributed by atoms with E-state index < -0.39 is 34.9 Å². The van der Waals surface area contributed by atoms with E-state index >= 15 is 0 Å². The molecule has 1 aliphatic heterocycles. The highest BCUT2D eigenvalue weighted by Gasteiger charge is 2.67. The van der Waals surface area contributed by atoms with Crippen LogP contribution in [0.1, 0.15) is 15.9 Å². The molecular weight excluding hydrogens is 404 g/mol. The molecule has 0 bridgehead atoms. The number of fused-ring (bicyclic) bond motifs is 4. The molecule has 0 saturated carbocycles. The average Bonchev–Trinajstić information content (AvgIpc) is 3.14. The maximum absolute atomic E-state index is 14.0. The van der Waals surface area contributed by atoms with Crippen LogP contribution in [0, 0.1) is 0 Å². The number of Topliss-reactive ketones (excluding diaryl/α,β-unsaturated/α-hetero) is 1. The summed E-state index contributed by atoms with van der Waals surface area (Å²) in [5.74, 6) is -4.63. The summed E-state index contributed by atoms with van der Waals surface area (Å²) in [6.45, 7) is 0. The second-order valence-electron chi connectivity index (χ2n) is 6.90. The van der Waals surface area contributed by atoms with Crippen LogP contribution in [0.5, 0.6) is 0 Å². The van der Waals surface area contributed by atoms with Gasteiger partial charge in [-0.25, -0.2) is 9.59 Å². The molecule has 4 rings (SSSR count). The molecule has 0 amide bonds. The van der Waals surface area contributed by atoms with Crippen molar-refractivity contribution in [2.45, 2.75) is 11.6 Å². The summed E-state index contributed by atoms with van der Waals surface area (Å²) in [6.07, 6.45) is 0. The Labute approximate surface area is 178 Å². The molecule has 8 heteroatoms. The second kappa shape index (κ2) is 7.42. The minimum atomic E-state index is -2.17. The van der Waals surface area contributed by atoms with Crippen LogP contribution in [0.4, 0.5) is 0 Å². The fraction of sp³-hybridized carbons (Fsp3) is 0.261. The van der Waals surface area contributed by atoms with Crippen LogP contribution in [0.25, 0.3) is 11.1 Å². The summed E-state index contributed by atoms with van der Waals surface area (Å²) in [4.78, 5) is 39.9. The Balaban J connectivity index is 2.17. The highest BCUT2D eigenvalue weighted by Crippen LogP contribution is 2.56. The number of esters is 2. The first-order valence-corrected chi connectivity index (χ1v) is 9.37. The van der Waals surface area contributed by atoms with Crippen molar-refractivity contribution in [3.8, 4) is 11.1 Å². The molecule has 2 aromatic carbocycles. The third-order valence-corrected chi connectivity index (χ3v) is 5.60. The Hall–Kier alpha value is -3.33. The van der Waals surface area contributed by atoms with Crippen molar-refractivity contribution in [1.82, 2.24) is 0 Å². The minimum absolute atomic E-state index is 0.315. The van der Waals surface area contributed by atoms with Crippen LogP contribution in [-0.2, 0) is 38.9 Å². The zero-order chi connectivity index (χ0) is 22.4. The largest absolute Gasteiger partial charge is 0.466 e. The quantitative estimate of drug-likeness (QED) is 0.545. The average molecular weight is 424 g/mol. The van der Waals surface area contributed by atoms with E-state index in [0.29, 0.717) is 22.3 Å². The SMILES string of the molecule is COC(=O)C1=C(C(=O)OC)C2(OC1(OC)OC)C(=O)c1ccccc1-c1ccccc12. The molecule has 31 heavy (non-hydrogen) atoms. The van der Waals surface area contributed by atoms with Gasteiger partial charge in [0, 0.05) is 25.3 Å². The molecule has 160 valence electrons. The van der Waals surface area contributed by atoms with Gasteiger partial charge in [-0.15, -0.1) is 0 Å². The van der Waals surface area contributed by atoms with E-state index in [0.717, 1.165) is 14.2 Å². The molecule has 1 unspecified atom stereocenters. The van der Waals surface area contributed by atoms with Crippen LogP contribution in [0.3, 0.4) is 0 Å². The molecule has 0 N–H and O–H groups in total. The first-order valence-electron chi connectivity index (χ1n) is 9.37. The van der Waals surface area contributed by atoms with Crippen molar-refractivity contribution in [3.63, 3.8) is 0 Å². The summed E-state index contributed by atoms with van der Waals surface area (Å²) < 4.78 is 26.9. The Kier molecular flexibility index (Phi) is 5.01. The molecule has 1 heterocycles. The first-order chi connectivity index (χ1) is 14.9. The number of benzene rings is 2. The number of hydrogen-bond donors (Lipinski definition) is 0. The van der Waals surface area contributed by atoms with Gasteiger partial charge in [-0.1, -0.05) is 48.5 Å². The van der Waals surface area contributed by atoms with Gasteiger partial charge in [0.2, 0.25) is 5.78 Å². The van der Waals surface area contributed by atoms with Crippen molar-refractivity contribution in [2.75, 3.05) is 28.4 Å². The Morgan fingerprint density at radius 1 is 0.742 bits per heavy atom. The molecule has 2 aliphatic rings. The number of carbonyl (C=O) groups is 3. The van der Waals surface area contributed by atoms with E-state index in [4.69, 9.17) is 23.7 Å². The van der Waals surface area contributed by atoms with Gasteiger partial charge in [-0.3, -0.25) is 9.53 Å². The Bertz CT molecular complexity index is 1130. The molecule has 2 aromatic rings. The number of carbonyl (C=O) groups excluding carboxylic acids is 3. The lowest BCUT2D eigenvalue weighted by molar-refractivity contribution is -0.348. The number of methoxy groups -OCH3 is 4. The van der Waals surface area contributed by atoms with Gasteiger partial charge in [-0.2, -0.15) is 0 Å². The molecule has 1 atom stereocenters. The van der Waals surface area contributed by atoms with Crippen molar-refractivity contribution < 1.29 is 38.1 Å². The van der Waals surface area contributed by atoms with E-state index in [1.807, 2.05) is 6.07 Å². The van der Waals surface area contributed by atoms with E-state index in [9.17, 15) is 14.4 Å². The van der Waals surface area contributed by atoms with E-state index in [2.05, 4.69) is 0 Å². The summed E-state index contributed by atoms with van der Waals surface area (Å²) >= 11 is 0. The lowest BCUT2D eigenvalue weighted by Gasteiger charge is -2.38. The summed E-state index contributed by atoms with van der Waals surface area (Å²) in [5.41, 5.74) is -0.786. The van der Waals surface area contributed by atoms with Crippen LogP contribution in [0.2, 0.25) is 0 Å². The third kappa shape index (κ3) is 2.62. The number of ether oxygens (including phenoxy) is 5. The molecule has 0 fully saturated rings. The van der Waals surface area contributed by atoms with E-state index in [1.54, 1.807) is 42.5 Å². The highest BCUT2D eigenvalue weighted by atomic mass is 16.9. The van der Waals surface area contributed by atoms with Crippen LogP contribution < -0.4 is 0 Å². The minimum Gasteiger partial charge on any atom is -0.466 e. The number of hydrogen-bond acceptors (Lipinski definition) is 8. The van der Waals surface area contributed by atoms with Gasteiger partial charge in [-0.05, 0) is 11.1 Å². The molecule has 0 saturated heterocycles. The van der Waals surface area contributed by atoms with Crippen LogP contribution in [0.15, 0.2) is 59.7 Å². The maximum atomic E-state index is 14.0. The van der Waals surface area contributed by atoms with Gasteiger partial charge in [0.1, 0.15) is 11.1 Å². The van der Waals surface area contributed by atoms with Crippen molar-refractivity contribution >= 4 is 17.7 Å². The van der Waals surface area contributed by atoms with E-state index in [1.165, 1.54) is 14.2 Å². The number of rotatable bonds is 4. The second-order valence-corrected chi connectivity index (χ2v) is 6.90. The van der Waals surface area contributed by atoms with Crippen LogP contribution >= 0.6 is 0 Å². The zero-order valence-corrected chi connectivity index (χ0v) is 17.4. The highest BCUT2D eigenvalue weighted by molar-refractivity contribution is 6.20. The van der Waals surface area contributed by atoms with Crippen molar-refractivity contribution in [3.05, 3.63) is 70.8 Å². The summed E-state index contributed by atoms with van der Waals surface area (Å²) in [6, 6.07) is 13.9. The number of ketones is 1. The third-order valence-electron chi connectivity index (χ3n) is 5.60. The first kappa shape index (κ1) is 20.9. The summed E-state index contributed by atoms with van der Waals surface area (Å²) in [7, 11) is 4.74. The van der Waals surface area contributed by atoms with Gasteiger partial charge >= 0.3 is 17.9 Å². The lowest BCUT2D eigenvalue weighted by atomic mass is 9.71. The summed E-state index contributed by atoms with van der Waals surface area (Å²) in [5, 5.41) is 0. The Morgan fingerprint density at radius 2 is 1.26 bits per heavy atom. The molecule has 8 nitrogen and oxygen atoms in total. The molecule has 0 aromatic heterocycles. The standard InChI is InChI=1S/C23H20O8/c1-27-20(25)17-18(21(26)28-2)23(29-3,30-4)31-22(17)16-12-8-7-10-14(16)13-9-5-6-11-15(13)19(22)24/h5-12H,1-4H3. The topological polar surface area (TPSA) is 97.4 Å². The molecule has 1 aliphatic carbocycles. The maximum Gasteiger partial charge on any atom is 0.342 e. The zero-order valence-electron chi connectivity index (χ0n) is 17.4. The molecule has 0 radical (unpaired) electrons. The fourth-order valence-corrected chi connectivity index (χ4v) is 4.28.